The molecule has 7 nitrogen and oxygen atoms in total. The highest BCUT2D eigenvalue weighted by Gasteiger charge is 2.34. The molecule has 0 radical (unpaired) electrons. The minimum atomic E-state index is -3.56. The van der Waals surface area contributed by atoms with Crippen molar-refractivity contribution < 1.29 is 22.7 Å². The number of carbonyl (C=O) groups is 1. The second kappa shape index (κ2) is 7.88. The molecule has 28 heavy (non-hydrogen) atoms. The summed E-state index contributed by atoms with van der Waals surface area (Å²) in [7, 11) is -0.678. The molecular weight excluding hydrogens is 400 g/mol. The summed E-state index contributed by atoms with van der Waals surface area (Å²) < 4.78 is 30.4. The molecule has 3 aromatic rings. The van der Waals surface area contributed by atoms with Crippen molar-refractivity contribution in [3.05, 3.63) is 76.4 Å². The molecule has 0 aliphatic rings. The van der Waals surface area contributed by atoms with Crippen molar-refractivity contribution in [2.45, 2.75) is 10.5 Å². The fourth-order valence-electron chi connectivity index (χ4n) is 2.64. The van der Waals surface area contributed by atoms with E-state index in [0.29, 0.717) is 16.0 Å². The third kappa shape index (κ3) is 3.88. The van der Waals surface area contributed by atoms with Gasteiger partial charge in [-0.25, -0.2) is 12.7 Å². The highest BCUT2D eigenvalue weighted by atomic mass is 32.2. The van der Waals surface area contributed by atoms with Gasteiger partial charge in [0, 0.05) is 30.1 Å². The van der Waals surface area contributed by atoms with Crippen LogP contribution in [0.5, 0.6) is 0 Å². The normalized spacial score (nSPS) is 14.0. The number of carbonyl (C=O) groups excluding carboxylic acids is 1. The maximum absolute atomic E-state index is 12.5. The molecule has 0 fully saturated rings. The third-order valence-corrected chi connectivity index (χ3v) is 7.18. The van der Waals surface area contributed by atoms with Crippen LogP contribution in [0.15, 0.2) is 69.7 Å². The van der Waals surface area contributed by atoms with E-state index in [0.717, 1.165) is 4.31 Å². The van der Waals surface area contributed by atoms with Crippen molar-refractivity contribution >= 4 is 27.3 Å². The van der Waals surface area contributed by atoms with Gasteiger partial charge in [0.2, 0.25) is 10.0 Å². The van der Waals surface area contributed by atoms with Crippen molar-refractivity contribution in [3.8, 4) is 0 Å². The van der Waals surface area contributed by atoms with Crippen molar-refractivity contribution in [1.82, 2.24) is 9.62 Å². The summed E-state index contributed by atoms with van der Waals surface area (Å²) >= 11 is 1.37. The van der Waals surface area contributed by atoms with Gasteiger partial charge < -0.3 is 14.8 Å². The molecule has 1 atom stereocenters. The van der Waals surface area contributed by atoms with E-state index in [1.807, 2.05) is 11.4 Å². The molecule has 3 rings (SSSR count). The van der Waals surface area contributed by atoms with Gasteiger partial charge in [0.25, 0.3) is 5.91 Å². The Hall–Kier alpha value is -2.46. The van der Waals surface area contributed by atoms with Crippen molar-refractivity contribution in [3.63, 3.8) is 0 Å². The van der Waals surface area contributed by atoms with Crippen LogP contribution in [0.4, 0.5) is 0 Å². The van der Waals surface area contributed by atoms with Gasteiger partial charge in [-0.05, 0) is 41.8 Å². The summed E-state index contributed by atoms with van der Waals surface area (Å²) in [6.07, 6.45) is 2.90. The van der Waals surface area contributed by atoms with E-state index in [2.05, 4.69) is 5.32 Å². The van der Waals surface area contributed by atoms with Crippen LogP contribution in [0.3, 0.4) is 0 Å². The first kappa shape index (κ1) is 20.3. The van der Waals surface area contributed by atoms with Crippen LogP contribution < -0.4 is 5.32 Å². The van der Waals surface area contributed by atoms with Gasteiger partial charge in [-0.15, -0.1) is 11.3 Å². The number of amides is 1. The number of rotatable bonds is 7. The summed E-state index contributed by atoms with van der Waals surface area (Å²) in [5.74, 6) is -0.424. The van der Waals surface area contributed by atoms with Gasteiger partial charge in [0.15, 0.2) is 0 Å². The fourth-order valence-corrected chi connectivity index (χ4v) is 4.39. The standard InChI is InChI=1S/C19H20N2O5S2/c1-21(2)28(24,25)16-7-5-14(6-8-16)18(22)20-13-19(23,15-9-10-26-12-15)17-4-3-11-27-17/h3-12,23H,13H2,1-2H3,(H,20,22)/t19-/m1/s1. The minimum absolute atomic E-state index is 0.0658. The number of sulfonamides is 1. The van der Waals surface area contributed by atoms with Crippen LogP contribution in [-0.4, -0.2) is 44.4 Å². The number of benzene rings is 1. The Morgan fingerprint density at radius 1 is 1.21 bits per heavy atom. The van der Waals surface area contributed by atoms with Crippen molar-refractivity contribution in [2.75, 3.05) is 20.6 Å². The van der Waals surface area contributed by atoms with Gasteiger partial charge in [-0.2, -0.15) is 0 Å². The second-order valence-corrected chi connectivity index (χ2v) is 9.44. The SMILES string of the molecule is CN(C)S(=O)(=O)c1ccc(C(=O)NC[C@@](O)(c2ccoc2)c2cccs2)cc1. The van der Waals surface area contributed by atoms with E-state index >= 15 is 0 Å². The van der Waals surface area contributed by atoms with E-state index in [4.69, 9.17) is 4.42 Å². The molecule has 0 spiro atoms. The molecule has 1 aromatic carbocycles. The van der Waals surface area contributed by atoms with E-state index in [1.54, 1.807) is 12.1 Å². The van der Waals surface area contributed by atoms with E-state index < -0.39 is 21.5 Å². The van der Waals surface area contributed by atoms with Gasteiger partial charge in [-0.1, -0.05) is 6.07 Å². The van der Waals surface area contributed by atoms with E-state index in [-0.39, 0.29) is 11.4 Å². The first-order valence-corrected chi connectivity index (χ1v) is 10.7. The highest BCUT2D eigenvalue weighted by Crippen LogP contribution is 2.32. The molecule has 0 saturated heterocycles. The largest absolute Gasteiger partial charge is 0.472 e. The highest BCUT2D eigenvalue weighted by molar-refractivity contribution is 7.89. The Labute approximate surface area is 167 Å². The van der Waals surface area contributed by atoms with Crippen molar-refractivity contribution in [2.24, 2.45) is 0 Å². The van der Waals surface area contributed by atoms with Crippen molar-refractivity contribution in [1.29, 1.82) is 0 Å². The summed E-state index contributed by atoms with van der Waals surface area (Å²) in [6.45, 7) is -0.0658. The maximum atomic E-state index is 12.5. The topological polar surface area (TPSA) is 99.9 Å². The van der Waals surface area contributed by atoms with Crippen LogP contribution in [0.2, 0.25) is 0 Å². The summed E-state index contributed by atoms with van der Waals surface area (Å²) in [4.78, 5) is 13.3. The molecule has 2 aromatic heterocycles. The molecule has 0 aliphatic heterocycles. The first-order valence-electron chi connectivity index (χ1n) is 8.35. The Kier molecular flexibility index (Phi) is 5.71. The quantitative estimate of drug-likeness (QED) is 0.611. The Bertz CT molecular complexity index is 990. The van der Waals surface area contributed by atoms with E-state index in [9.17, 15) is 18.3 Å². The predicted molar refractivity (Wildman–Crippen MR) is 106 cm³/mol. The zero-order chi connectivity index (χ0) is 20.4. The maximum Gasteiger partial charge on any atom is 0.251 e. The lowest BCUT2D eigenvalue weighted by molar-refractivity contribution is 0.0714. The van der Waals surface area contributed by atoms with E-state index in [1.165, 1.54) is 62.2 Å². The number of nitrogens with zero attached hydrogens (tertiary/aromatic N) is 1. The van der Waals surface area contributed by atoms with Crippen LogP contribution in [0, 0.1) is 0 Å². The Morgan fingerprint density at radius 3 is 2.46 bits per heavy atom. The molecule has 9 heteroatoms. The van der Waals surface area contributed by atoms with Crippen LogP contribution >= 0.6 is 11.3 Å². The average Bonchev–Trinajstić information content (AvgIpc) is 3.40. The smallest absolute Gasteiger partial charge is 0.251 e. The van der Waals surface area contributed by atoms with Crippen LogP contribution in [0.1, 0.15) is 20.8 Å². The lowest BCUT2D eigenvalue weighted by atomic mass is 9.94. The molecule has 148 valence electrons. The molecular formula is C19H20N2O5S2. The Morgan fingerprint density at radius 2 is 1.93 bits per heavy atom. The lowest BCUT2D eigenvalue weighted by Gasteiger charge is -2.26. The van der Waals surface area contributed by atoms with Crippen LogP contribution in [-0.2, 0) is 15.6 Å². The zero-order valence-electron chi connectivity index (χ0n) is 15.3. The molecule has 1 amide bonds. The average molecular weight is 421 g/mol. The van der Waals surface area contributed by atoms with Gasteiger partial charge >= 0.3 is 0 Å². The number of furan rings is 1. The third-order valence-electron chi connectivity index (χ3n) is 4.33. The summed E-state index contributed by atoms with van der Waals surface area (Å²) in [6, 6.07) is 10.9. The number of hydrogen-bond acceptors (Lipinski definition) is 6. The number of hydrogen-bond donors (Lipinski definition) is 2. The fraction of sp³-hybridized carbons (Fsp3) is 0.211. The molecule has 2 N–H and O–H groups in total. The van der Waals surface area contributed by atoms with Gasteiger partial charge in [0.05, 0.1) is 24.0 Å². The second-order valence-electron chi connectivity index (χ2n) is 6.34. The minimum Gasteiger partial charge on any atom is -0.472 e. The molecule has 0 saturated carbocycles. The Balaban J connectivity index is 1.77. The zero-order valence-corrected chi connectivity index (χ0v) is 17.0. The lowest BCUT2D eigenvalue weighted by Crippen LogP contribution is -2.41. The molecule has 0 unspecified atom stereocenters. The number of nitrogens with one attached hydrogen (secondary N) is 1. The first-order chi connectivity index (χ1) is 13.2. The predicted octanol–water partition coefficient (Wildman–Crippen LogP) is 2.26. The van der Waals surface area contributed by atoms with Gasteiger partial charge in [-0.3, -0.25) is 4.79 Å². The number of thiophene rings is 1. The van der Waals surface area contributed by atoms with Gasteiger partial charge in [0.1, 0.15) is 5.60 Å². The monoisotopic (exact) mass is 420 g/mol. The molecule has 2 heterocycles. The summed E-state index contributed by atoms with van der Waals surface area (Å²) in [5, 5.41) is 15.7. The number of aliphatic hydroxyl groups is 1. The summed E-state index contributed by atoms with van der Waals surface area (Å²) in [5.41, 5.74) is -0.605. The molecule has 0 aliphatic carbocycles. The van der Waals surface area contributed by atoms with Crippen LogP contribution in [0.25, 0.3) is 0 Å². The molecule has 0 bridgehead atoms.